The van der Waals surface area contributed by atoms with Crippen molar-refractivity contribution < 1.29 is 9.59 Å². The molecule has 1 aliphatic rings. The molecule has 1 aromatic carbocycles. The van der Waals surface area contributed by atoms with E-state index in [1.54, 1.807) is 31.3 Å². The first-order chi connectivity index (χ1) is 9.61. The van der Waals surface area contributed by atoms with Crippen LogP contribution in [0.5, 0.6) is 0 Å². The number of aromatic nitrogens is 2. The molecule has 0 aliphatic carbocycles. The summed E-state index contributed by atoms with van der Waals surface area (Å²) in [5.74, 6) is -0.373. The summed E-state index contributed by atoms with van der Waals surface area (Å²) in [5, 5.41) is 3.63. The number of hydrogen-bond acceptors (Lipinski definition) is 4. The van der Waals surface area contributed by atoms with Crippen LogP contribution in [0.15, 0.2) is 40.6 Å². The number of urea groups is 1. The average molecular weight is 267 g/mol. The summed E-state index contributed by atoms with van der Waals surface area (Å²) < 4.78 is 0. The van der Waals surface area contributed by atoms with Gasteiger partial charge in [0, 0.05) is 11.9 Å². The molecule has 3 amide bonds. The molecule has 0 fully saturated rings. The molecule has 0 spiro atoms. The van der Waals surface area contributed by atoms with Gasteiger partial charge < -0.3 is 5.32 Å². The van der Waals surface area contributed by atoms with Crippen LogP contribution in [-0.4, -0.2) is 21.9 Å². The molecule has 98 valence electrons. The fourth-order valence-electron chi connectivity index (χ4n) is 1.78. The molecule has 7 heteroatoms. The second-order valence-corrected chi connectivity index (χ2v) is 4.21. The normalized spacial score (nSPS) is 12.3. The maximum absolute atomic E-state index is 12.0. The predicted molar refractivity (Wildman–Crippen MR) is 68.9 cm³/mol. The van der Waals surface area contributed by atoms with Crippen molar-refractivity contribution in [3.05, 3.63) is 52.7 Å². The number of aryl methyl sites for hydroxylation is 1. The van der Waals surface area contributed by atoms with Crippen LogP contribution >= 0.6 is 0 Å². The number of hydrogen-bond donors (Lipinski definition) is 1. The first kappa shape index (κ1) is 12.1. The average Bonchev–Trinajstić information content (AvgIpc) is 2.78. The summed E-state index contributed by atoms with van der Waals surface area (Å²) in [6, 6.07) is 4.33. The second-order valence-electron chi connectivity index (χ2n) is 4.21. The Morgan fingerprint density at radius 1 is 1.15 bits per heavy atom. The smallest absolute Gasteiger partial charge is 0.321 e. The molecule has 2 heterocycles. The van der Waals surface area contributed by atoms with E-state index in [-0.39, 0.29) is 11.6 Å². The van der Waals surface area contributed by atoms with E-state index in [1.807, 2.05) is 0 Å². The Morgan fingerprint density at radius 3 is 2.75 bits per heavy atom. The molecular formula is C13H9N5O2. The van der Waals surface area contributed by atoms with E-state index < -0.39 is 6.03 Å². The largest absolute Gasteiger partial charge is 0.368 e. The van der Waals surface area contributed by atoms with Gasteiger partial charge in [-0.3, -0.25) is 9.78 Å². The SMILES string of the molecule is Cc1cncc(C(=O)Nc2ccc3c(c2)=NC(=O)N=3)n1. The van der Waals surface area contributed by atoms with E-state index in [1.165, 1.54) is 6.20 Å². The van der Waals surface area contributed by atoms with E-state index in [4.69, 9.17) is 0 Å². The highest BCUT2D eigenvalue weighted by Crippen LogP contribution is 2.04. The number of carbonyl (C=O) groups is 2. The molecule has 7 nitrogen and oxygen atoms in total. The summed E-state index contributed by atoms with van der Waals surface area (Å²) in [6.07, 6.45) is 2.96. The van der Waals surface area contributed by atoms with Crippen LogP contribution in [-0.2, 0) is 0 Å². The van der Waals surface area contributed by atoms with E-state index in [0.717, 1.165) is 0 Å². The van der Waals surface area contributed by atoms with Gasteiger partial charge >= 0.3 is 6.03 Å². The Balaban J connectivity index is 1.88. The molecule has 2 aromatic rings. The van der Waals surface area contributed by atoms with Crippen molar-refractivity contribution in [3.63, 3.8) is 0 Å². The van der Waals surface area contributed by atoms with Crippen LogP contribution in [0, 0.1) is 6.92 Å². The number of carbonyl (C=O) groups excluding carboxylic acids is 2. The fourth-order valence-corrected chi connectivity index (χ4v) is 1.78. The van der Waals surface area contributed by atoms with Gasteiger partial charge in [-0.25, -0.2) is 9.78 Å². The van der Waals surface area contributed by atoms with Crippen LogP contribution in [0.3, 0.4) is 0 Å². The van der Waals surface area contributed by atoms with Gasteiger partial charge in [-0.15, -0.1) is 0 Å². The van der Waals surface area contributed by atoms with Crippen molar-refractivity contribution in [2.45, 2.75) is 6.92 Å². The predicted octanol–water partition coefficient (Wildman–Crippen LogP) is 0.410. The van der Waals surface area contributed by atoms with Crippen LogP contribution in [0.25, 0.3) is 0 Å². The zero-order valence-electron chi connectivity index (χ0n) is 10.5. The molecule has 0 unspecified atom stereocenters. The number of amides is 3. The van der Waals surface area contributed by atoms with Gasteiger partial charge in [0.1, 0.15) is 5.69 Å². The summed E-state index contributed by atoms with van der Waals surface area (Å²) in [5.41, 5.74) is 1.40. The van der Waals surface area contributed by atoms with Crippen LogP contribution in [0.1, 0.15) is 16.2 Å². The van der Waals surface area contributed by atoms with Crippen LogP contribution in [0.4, 0.5) is 10.5 Å². The van der Waals surface area contributed by atoms with Gasteiger partial charge in [0.25, 0.3) is 5.91 Å². The number of nitrogens with one attached hydrogen (secondary N) is 1. The highest BCUT2D eigenvalue weighted by Gasteiger charge is 2.10. The zero-order valence-corrected chi connectivity index (χ0v) is 10.5. The van der Waals surface area contributed by atoms with Crippen molar-refractivity contribution in [1.82, 2.24) is 9.97 Å². The number of nitrogens with zero attached hydrogens (tertiary/aromatic N) is 4. The molecule has 0 radical (unpaired) electrons. The Labute approximate surface area is 113 Å². The lowest BCUT2D eigenvalue weighted by Gasteiger charge is -2.04. The Morgan fingerprint density at radius 2 is 1.95 bits per heavy atom. The quantitative estimate of drug-likeness (QED) is 0.852. The highest BCUT2D eigenvalue weighted by atomic mass is 16.2. The highest BCUT2D eigenvalue weighted by molar-refractivity contribution is 6.02. The monoisotopic (exact) mass is 267 g/mol. The minimum atomic E-state index is -0.534. The zero-order chi connectivity index (χ0) is 14.1. The number of anilines is 1. The molecule has 0 saturated carbocycles. The van der Waals surface area contributed by atoms with Crippen LogP contribution < -0.4 is 16.0 Å². The lowest BCUT2D eigenvalue weighted by Crippen LogP contribution is -2.23. The topological polar surface area (TPSA) is 96.7 Å². The lowest BCUT2D eigenvalue weighted by molar-refractivity contribution is 0.102. The maximum Gasteiger partial charge on any atom is 0.368 e. The van der Waals surface area contributed by atoms with Gasteiger partial charge in [0.05, 0.1) is 22.6 Å². The minimum Gasteiger partial charge on any atom is -0.321 e. The second kappa shape index (κ2) is 4.61. The van der Waals surface area contributed by atoms with Gasteiger partial charge in [-0.05, 0) is 25.1 Å². The summed E-state index contributed by atoms with van der Waals surface area (Å²) in [7, 11) is 0. The Kier molecular flexibility index (Phi) is 2.79. The third kappa shape index (κ3) is 2.28. The number of fused-ring (bicyclic) bond motifs is 1. The molecule has 1 N–H and O–H groups in total. The van der Waals surface area contributed by atoms with E-state index in [9.17, 15) is 9.59 Å². The Hall–Kier alpha value is -2.96. The van der Waals surface area contributed by atoms with Crippen LogP contribution in [0.2, 0.25) is 0 Å². The third-order valence-electron chi connectivity index (χ3n) is 2.65. The molecule has 0 bridgehead atoms. The maximum atomic E-state index is 12.0. The van der Waals surface area contributed by atoms with Crippen molar-refractivity contribution in [3.8, 4) is 0 Å². The summed E-state index contributed by atoms with van der Waals surface area (Å²) in [6.45, 7) is 1.76. The number of benzene rings is 1. The molecule has 3 rings (SSSR count). The summed E-state index contributed by atoms with van der Waals surface area (Å²) in [4.78, 5) is 38.5. The molecule has 20 heavy (non-hydrogen) atoms. The van der Waals surface area contributed by atoms with Gasteiger partial charge in [-0.1, -0.05) is 0 Å². The molecular weight excluding hydrogens is 258 g/mol. The van der Waals surface area contributed by atoms with Crippen molar-refractivity contribution >= 4 is 17.6 Å². The van der Waals surface area contributed by atoms with Crippen molar-refractivity contribution in [1.29, 1.82) is 0 Å². The van der Waals surface area contributed by atoms with E-state index in [0.29, 0.717) is 22.1 Å². The fraction of sp³-hybridized carbons (Fsp3) is 0.0769. The van der Waals surface area contributed by atoms with E-state index >= 15 is 0 Å². The standard InChI is InChI=1S/C13H9N5O2/c1-7-5-14-6-11(15-7)12(19)16-8-2-3-9-10(4-8)18-13(20)17-9/h2-6H,1H3,(H,16,19). The first-order valence-electron chi connectivity index (χ1n) is 5.83. The van der Waals surface area contributed by atoms with Gasteiger partial charge in [-0.2, -0.15) is 9.98 Å². The van der Waals surface area contributed by atoms with Crippen molar-refractivity contribution in [2.75, 3.05) is 5.32 Å². The summed E-state index contributed by atoms with van der Waals surface area (Å²) >= 11 is 0. The molecule has 0 saturated heterocycles. The Bertz CT molecular complexity index is 844. The lowest BCUT2D eigenvalue weighted by atomic mass is 10.3. The number of rotatable bonds is 2. The molecule has 1 aliphatic heterocycles. The van der Waals surface area contributed by atoms with Gasteiger partial charge in [0.15, 0.2) is 0 Å². The third-order valence-corrected chi connectivity index (χ3v) is 2.65. The first-order valence-corrected chi connectivity index (χ1v) is 5.83. The molecule has 1 aromatic heterocycles. The molecule has 0 atom stereocenters. The van der Waals surface area contributed by atoms with Gasteiger partial charge in [0.2, 0.25) is 0 Å². The van der Waals surface area contributed by atoms with Crippen molar-refractivity contribution in [2.24, 2.45) is 9.98 Å². The minimum absolute atomic E-state index is 0.225. The van der Waals surface area contributed by atoms with E-state index in [2.05, 4.69) is 25.3 Å².